The van der Waals surface area contributed by atoms with Crippen LogP contribution >= 0.6 is 12.2 Å². The molecule has 110 valence electrons. The van der Waals surface area contributed by atoms with E-state index in [-0.39, 0.29) is 4.99 Å². The molecule has 3 nitrogen and oxygen atoms in total. The van der Waals surface area contributed by atoms with Crippen LogP contribution in [0.15, 0.2) is 42.5 Å². The summed E-state index contributed by atoms with van der Waals surface area (Å²) in [6.45, 7) is 2.61. The highest BCUT2D eigenvalue weighted by atomic mass is 32.1. The second-order valence-electron chi connectivity index (χ2n) is 4.40. The summed E-state index contributed by atoms with van der Waals surface area (Å²) in [7, 11) is 0. The van der Waals surface area contributed by atoms with Crippen molar-refractivity contribution in [2.24, 2.45) is 5.73 Å². The van der Waals surface area contributed by atoms with Gasteiger partial charge in [-0.2, -0.15) is 0 Å². The number of para-hydroxylation sites is 2. The fraction of sp³-hybridized carbons (Fsp3) is 0.188. The zero-order chi connectivity index (χ0) is 15.2. The van der Waals surface area contributed by atoms with E-state index < -0.39 is 5.82 Å². The molecule has 0 fully saturated rings. The molecule has 5 heteroatoms. The molecule has 0 amide bonds. The van der Waals surface area contributed by atoms with E-state index in [1.54, 1.807) is 6.07 Å². The lowest BCUT2D eigenvalue weighted by molar-refractivity contribution is 0.302. The van der Waals surface area contributed by atoms with Gasteiger partial charge in [0.25, 0.3) is 0 Å². The van der Waals surface area contributed by atoms with Crippen molar-refractivity contribution in [3.63, 3.8) is 0 Å². The molecule has 21 heavy (non-hydrogen) atoms. The molecule has 0 aliphatic rings. The molecular formula is C16H16FNO2S. The van der Waals surface area contributed by atoms with Gasteiger partial charge in [0.2, 0.25) is 0 Å². The third-order valence-electron chi connectivity index (χ3n) is 2.74. The fourth-order valence-electron chi connectivity index (χ4n) is 1.77. The summed E-state index contributed by atoms with van der Waals surface area (Å²) >= 11 is 4.93. The molecule has 0 heterocycles. The number of benzene rings is 2. The van der Waals surface area contributed by atoms with Crippen LogP contribution in [0.3, 0.4) is 0 Å². The first-order valence-electron chi connectivity index (χ1n) is 6.61. The van der Waals surface area contributed by atoms with Gasteiger partial charge in [-0.1, -0.05) is 31.3 Å². The minimum atomic E-state index is -0.416. The fourth-order valence-corrected chi connectivity index (χ4v) is 1.93. The molecule has 2 rings (SSSR count). The Morgan fingerprint density at radius 3 is 2.52 bits per heavy atom. The standard InChI is InChI=1S/C16H16FNO2S/c1-2-9-19-14-5-3-4-6-15(14)20-13-8-7-11(17)10-12(13)16(18)21/h3-8,10H,2,9H2,1H3,(H2,18,21). The van der Waals surface area contributed by atoms with Crippen LogP contribution in [-0.2, 0) is 0 Å². The van der Waals surface area contributed by atoms with Gasteiger partial charge in [0.1, 0.15) is 16.6 Å². The van der Waals surface area contributed by atoms with E-state index in [4.69, 9.17) is 27.4 Å². The van der Waals surface area contributed by atoms with Crippen molar-refractivity contribution in [2.45, 2.75) is 13.3 Å². The summed E-state index contributed by atoms with van der Waals surface area (Å²) in [5.41, 5.74) is 5.97. The van der Waals surface area contributed by atoms with Gasteiger partial charge in [0.05, 0.1) is 12.2 Å². The minimum Gasteiger partial charge on any atom is -0.490 e. The second-order valence-corrected chi connectivity index (χ2v) is 4.84. The first kappa shape index (κ1) is 15.3. The molecule has 0 saturated carbocycles. The van der Waals surface area contributed by atoms with E-state index in [1.165, 1.54) is 18.2 Å². The quantitative estimate of drug-likeness (QED) is 0.818. The molecular weight excluding hydrogens is 289 g/mol. The number of thiocarbonyl (C=S) groups is 1. The Labute approximate surface area is 128 Å². The molecule has 0 atom stereocenters. The minimum absolute atomic E-state index is 0.0801. The maximum absolute atomic E-state index is 13.3. The van der Waals surface area contributed by atoms with Crippen LogP contribution in [0, 0.1) is 5.82 Å². The molecule has 2 aromatic carbocycles. The number of ether oxygens (including phenoxy) is 2. The Hall–Kier alpha value is -2.14. The summed E-state index contributed by atoms with van der Waals surface area (Å²) in [6.07, 6.45) is 0.892. The first-order chi connectivity index (χ1) is 10.1. The summed E-state index contributed by atoms with van der Waals surface area (Å²) in [6, 6.07) is 11.3. The van der Waals surface area contributed by atoms with E-state index in [1.807, 2.05) is 25.1 Å². The smallest absolute Gasteiger partial charge is 0.169 e. The van der Waals surface area contributed by atoms with E-state index in [9.17, 15) is 4.39 Å². The Bertz CT molecular complexity index is 646. The molecule has 2 N–H and O–H groups in total. The molecule has 0 bridgehead atoms. The molecule has 0 aliphatic heterocycles. The predicted octanol–water partition coefficient (Wildman–Crippen LogP) is 4.04. The van der Waals surface area contributed by atoms with Crippen LogP contribution in [0.5, 0.6) is 17.2 Å². The number of hydrogen-bond acceptors (Lipinski definition) is 3. The van der Waals surface area contributed by atoms with Crippen LogP contribution < -0.4 is 15.2 Å². The van der Waals surface area contributed by atoms with Gasteiger partial charge in [-0.15, -0.1) is 0 Å². The van der Waals surface area contributed by atoms with Gasteiger partial charge in [0, 0.05) is 0 Å². The van der Waals surface area contributed by atoms with Crippen LogP contribution in [-0.4, -0.2) is 11.6 Å². The molecule has 0 spiro atoms. The molecule has 0 radical (unpaired) electrons. The van der Waals surface area contributed by atoms with E-state index in [0.717, 1.165) is 6.42 Å². The van der Waals surface area contributed by atoms with Crippen LogP contribution in [0.1, 0.15) is 18.9 Å². The number of rotatable bonds is 6. The van der Waals surface area contributed by atoms with E-state index >= 15 is 0 Å². The van der Waals surface area contributed by atoms with Crippen LogP contribution in [0.25, 0.3) is 0 Å². The van der Waals surface area contributed by atoms with Crippen LogP contribution in [0.4, 0.5) is 4.39 Å². The Kier molecular flexibility index (Phi) is 5.11. The molecule has 0 aromatic heterocycles. The Morgan fingerprint density at radius 1 is 1.14 bits per heavy atom. The third kappa shape index (κ3) is 3.92. The third-order valence-corrected chi connectivity index (χ3v) is 2.96. The van der Waals surface area contributed by atoms with Crippen molar-refractivity contribution in [1.82, 2.24) is 0 Å². The largest absolute Gasteiger partial charge is 0.490 e. The highest BCUT2D eigenvalue weighted by Crippen LogP contribution is 2.33. The highest BCUT2D eigenvalue weighted by Gasteiger charge is 2.12. The zero-order valence-electron chi connectivity index (χ0n) is 11.6. The number of nitrogens with two attached hydrogens (primary N) is 1. The lowest BCUT2D eigenvalue weighted by Gasteiger charge is -2.14. The summed E-state index contributed by atoms with van der Waals surface area (Å²) in [4.78, 5) is 0.0801. The Morgan fingerprint density at radius 2 is 1.86 bits per heavy atom. The average Bonchev–Trinajstić information content (AvgIpc) is 2.48. The molecule has 0 unspecified atom stereocenters. The summed E-state index contributed by atoms with van der Waals surface area (Å²) < 4.78 is 24.7. The van der Waals surface area contributed by atoms with Crippen molar-refractivity contribution in [3.8, 4) is 17.2 Å². The number of hydrogen-bond donors (Lipinski definition) is 1. The summed E-state index contributed by atoms with van der Waals surface area (Å²) in [5, 5.41) is 0. The summed E-state index contributed by atoms with van der Waals surface area (Å²) in [5.74, 6) is 1.14. The lowest BCUT2D eigenvalue weighted by Crippen LogP contribution is -2.11. The van der Waals surface area contributed by atoms with Gasteiger partial charge in [0.15, 0.2) is 11.5 Å². The maximum Gasteiger partial charge on any atom is 0.169 e. The van der Waals surface area contributed by atoms with Gasteiger partial charge < -0.3 is 15.2 Å². The van der Waals surface area contributed by atoms with Crippen molar-refractivity contribution < 1.29 is 13.9 Å². The van der Waals surface area contributed by atoms with E-state index in [2.05, 4.69) is 0 Å². The van der Waals surface area contributed by atoms with E-state index in [0.29, 0.717) is 29.4 Å². The molecule has 2 aromatic rings. The predicted molar refractivity (Wildman–Crippen MR) is 84.6 cm³/mol. The monoisotopic (exact) mass is 305 g/mol. The van der Waals surface area contributed by atoms with Gasteiger partial charge in [-0.05, 0) is 36.8 Å². The lowest BCUT2D eigenvalue weighted by atomic mass is 10.2. The topological polar surface area (TPSA) is 44.5 Å². The van der Waals surface area contributed by atoms with Crippen molar-refractivity contribution in [2.75, 3.05) is 6.61 Å². The van der Waals surface area contributed by atoms with Gasteiger partial charge >= 0.3 is 0 Å². The first-order valence-corrected chi connectivity index (χ1v) is 7.01. The highest BCUT2D eigenvalue weighted by molar-refractivity contribution is 7.80. The molecule has 0 saturated heterocycles. The molecule has 0 aliphatic carbocycles. The SMILES string of the molecule is CCCOc1ccccc1Oc1ccc(F)cc1C(N)=S. The van der Waals surface area contributed by atoms with Crippen molar-refractivity contribution in [1.29, 1.82) is 0 Å². The number of halogens is 1. The zero-order valence-corrected chi connectivity index (χ0v) is 12.5. The van der Waals surface area contributed by atoms with Crippen molar-refractivity contribution in [3.05, 3.63) is 53.8 Å². The van der Waals surface area contributed by atoms with Gasteiger partial charge in [-0.3, -0.25) is 0 Å². The Balaban J connectivity index is 2.32. The van der Waals surface area contributed by atoms with Crippen LogP contribution in [0.2, 0.25) is 0 Å². The maximum atomic E-state index is 13.3. The van der Waals surface area contributed by atoms with Crippen molar-refractivity contribution >= 4 is 17.2 Å². The van der Waals surface area contributed by atoms with Gasteiger partial charge in [-0.25, -0.2) is 4.39 Å². The average molecular weight is 305 g/mol. The second kappa shape index (κ2) is 7.04. The normalized spacial score (nSPS) is 10.2.